The van der Waals surface area contributed by atoms with Crippen molar-refractivity contribution >= 4 is 6.03 Å². The zero-order valence-corrected chi connectivity index (χ0v) is 11.6. The second-order valence-electron chi connectivity index (χ2n) is 5.86. The van der Waals surface area contributed by atoms with Crippen molar-refractivity contribution in [1.82, 2.24) is 9.80 Å². The van der Waals surface area contributed by atoms with Crippen LogP contribution in [0.25, 0.3) is 0 Å². The molecule has 0 aromatic rings. The van der Waals surface area contributed by atoms with Gasteiger partial charge < -0.3 is 15.5 Å². The van der Waals surface area contributed by atoms with Gasteiger partial charge in [0, 0.05) is 32.2 Å². The van der Waals surface area contributed by atoms with E-state index in [1.165, 1.54) is 12.8 Å². The van der Waals surface area contributed by atoms with Gasteiger partial charge in [-0.25, -0.2) is 4.79 Å². The lowest BCUT2D eigenvalue weighted by Gasteiger charge is -2.36. The molecule has 1 aliphatic heterocycles. The van der Waals surface area contributed by atoms with Crippen molar-refractivity contribution in [2.45, 2.75) is 63.5 Å². The number of carbonyl (C=O) groups excluding carboxylic acids is 1. The highest BCUT2D eigenvalue weighted by Crippen LogP contribution is 2.22. The number of carbonyl (C=O) groups is 1. The normalized spacial score (nSPS) is 29.8. The topological polar surface area (TPSA) is 49.6 Å². The fraction of sp³-hybridized carbons (Fsp3) is 0.929. The number of urea groups is 1. The molecule has 0 radical (unpaired) electrons. The molecule has 4 nitrogen and oxygen atoms in total. The van der Waals surface area contributed by atoms with Crippen molar-refractivity contribution in [2.75, 3.05) is 20.1 Å². The highest BCUT2D eigenvalue weighted by Gasteiger charge is 2.27. The molecular formula is C14H27N3O. The molecule has 104 valence electrons. The fourth-order valence-corrected chi connectivity index (χ4v) is 3.13. The number of nitrogens with zero attached hydrogens (tertiary/aromatic N) is 2. The molecule has 2 aliphatic rings. The first-order chi connectivity index (χ1) is 8.68. The van der Waals surface area contributed by atoms with Crippen LogP contribution in [0.4, 0.5) is 4.79 Å². The van der Waals surface area contributed by atoms with Crippen molar-refractivity contribution in [3.8, 4) is 0 Å². The van der Waals surface area contributed by atoms with Gasteiger partial charge in [-0.15, -0.1) is 0 Å². The summed E-state index contributed by atoms with van der Waals surface area (Å²) in [6.07, 6.45) is 9.11. The third-order valence-corrected chi connectivity index (χ3v) is 4.47. The lowest BCUT2D eigenvalue weighted by atomic mass is 9.91. The van der Waals surface area contributed by atoms with Gasteiger partial charge in [-0.3, -0.25) is 0 Å². The van der Waals surface area contributed by atoms with E-state index in [-0.39, 0.29) is 6.03 Å². The second kappa shape index (κ2) is 6.41. The van der Waals surface area contributed by atoms with E-state index in [2.05, 4.69) is 0 Å². The van der Waals surface area contributed by atoms with Gasteiger partial charge in [0.15, 0.2) is 0 Å². The van der Waals surface area contributed by atoms with Crippen molar-refractivity contribution < 1.29 is 4.79 Å². The number of nitrogens with two attached hydrogens (primary N) is 1. The van der Waals surface area contributed by atoms with Crippen LogP contribution in [0, 0.1) is 0 Å². The smallest absolute Gasteiger partial charge is 0.319 e. The van der Waals surface area contributed by atoms with E-state index in [4.69, 9.17) is 5.73 Å². The van der Waals surface area contributed by atoms with Crippen molar-refractivity contribution in [3.63, 3.8) is 0 Å². The third-order valence-electron chi connectivity index (χ3n) is 4.47. The van der Waals surface area contributed by atoms with Crippen molar-refractivity contribution in [1.29, 1.82) is 0 Å². The molecule has 1 heterocycles. The highest BCUT2D eigenvalue weighted by molar-refractivity contribution is 5.74. The summed E-state index contributed by atoms with van der Waals surface area (Å²) in [5.41, 5.74) is 5.92. The Hall–Kier alpha value is -0.770. The molecule has 1 saturated heterocycles. The van der Waals surface area contributed by atoms with Gasteiger partial charge >= 0.3 is 6.03 Å². The molecule has 0 atom stereocenters. The first kappa shape index (κ1) is 13.7. The van der Waals surface area contributed by atoms with E-state index in [9.17, 15) is 4.79 Å². The number of hydrogen-bond donors (Lipinski definition) is 1. The zero-order chi connectivity index (χ0) is 13.0. The molecule has 18 heavy (non-hydrogen) atoms. The Bertz CT molecular complexity index is 266. The summed E-state index contributed by atoms with van der Waals surface area (Å²) in [6, 6.07) is 0.987. The largest absolute Gasteiger partial charge is 0.328 e. The van der Waals surface area contributed by atoms with E-state index >= 15 is 0 Å². The Morgan fingerprint density at radius 2 is 1.61 bits per heavy atom. The minimum Gasteiger partial charge on any atom is -0.328 e. The average Bonchev–Trinajstić information content (AvgIpc) is 2.67. The average molecular weight is 253 g/mol. The predicted molar refractivity (Wildman–Crippen MR) is 73.4 cm³/mol. The molecular weight excluding hydrogens is 226 g/mol. The van der Waals surface area contributed by atoms with Crippen LogP contribution >= 0.6 is 0 Å². The number of likely N-dealkylation sites (tertiary alicyclic amines) is 1. The maximum atomic E-state index is 12.5. The van der Waals surface area contributed by atoms with Crippen molar-refractivity contribution in [2.24, 2.45) is 5.73 Å². The molecule has 2 rings (SSSR count). The molecule has 1 saturated carbocycles. The summed E-state index contributed by atoms with van der Waals surface area (Å²) >= 11 is 0. The summed E-state index contributed by atoms with van der Waals surface area (Å²) < 4.78 is 0. The Labute approximate surface area is 110 Å². The Morgan fingerprint density at radius 3 is 2.17 bits per heavy atom. The molecule has 0 unspecified atom stereocenters. The molecule has 4 heteroatoms. The van der Waals surface area contributed by atoms with Gasteiger partial charge in [0.2, 0.25) is 0 Å². The summed E-state index contributed by atoms with van der Waals surface area (Å²) in [7, 11) is 1.97. The second-order valence-corrected chi connectivity index (χ2v) is 5.86. The first-order valence-electron chi connectivity index (χ1n) is 7.46. The Kier molecular flexibility index (Phi) is 4.87. The summed E-state index contributed by atoms with van der Waals surface area (Å²) in [6.45, 7) is 1.88. The maximum Gasteiger partial charge on any atom is 0.319 e. The van der Waals surface area contributed by atoms with Crippen LogP contribution in [-0.4, -0.2) is 48.1 Å². The molecule has 2 N–H and O–H groups in total. The first-order valence-corrected chi connectivity index (χ1v) is 7.46. The Morgan fingerprint density at radius 1 is 1.06 bits per heavy atom. The van der Waals surface area contributed by atoms with Crippen LogP contribution in [0.2, 0.25) is 0 Å². The minimum atomic E-state index is 0.234. The van der Waals surface area contributed by atoms with Gasteiger partial charge in [0.25, 0.3) is 0 Å². The number of amides is 2. The standard InChI is InChI=1S/C14H27N3O/c1-16(13-8-6-12(15)7-9-13)14(18)17-10-4-2-3-5-11-17/h12-13H,2-11,15H2,1H3. The zero-order valence-electron chi connectivity index (χ0n) is 11.6. The lowest BCUT2D eigenvalue weighted by Crippen LogP contribution is -2.48. The fourth-order valence-electron chi connectivity index (χ4n) is 3.13. The van der Waals surface area contributed by atoms with Crippen LogP contribution in [0.1, 0.15) is 51.4 Å². The van der Waals surface area contributed by atoms with E-state index in [1.54, 1.807) is 0 Å². The van der Waals surface area contributed by atoms with Gasteiger partial charge in [0.05, 0.1) is 0 Å². The maximum absolute atomic E-state index is 12.5. The summed E-state index contributed by atoms with van der Waals surface area (Å²) in [5, 5.41) is 0. The molecule has 1 aliphatic carbocycles. The van der Waals surface area contributed by atoms with Gasteiger partial charge in [-0.2, -0.15) is 0 Å². The van der Waals surface area contributed by atoms with Crippen LogP contribution in [0.5, 0.6) is 0 Å². The van der Waals surface area contributed by atoms with E-state index in [0.29, 0.717) is 12.1 Å². The van der Waals surface area contributed by atoms with Crippen molar-refractivity contribution in [3.05, 3.63) is 0 Å². The van der Waals surface area contributed by atoms with E-state index in [1.807, 2.05) is 16.8 Å². The third kappa shape index (κ3) is 3.37. The van der Waals surface area contributed by atoms with Crippen LogP contribution in [0.15, 0.2) is 0 Å². The number of hydrogen-bond acceptors (Lipinski definition) is 2. The monoisotopic (exact) mass is 253 g/mol. The van der Waals surface area contributed by atoms with Gasteiger partial charge in [0.1, 0.15) is 0 Å². The molecule has 0 bridgehead atoms. The van der Waals surface area contributed by atoms with Crippen LogP contribution < -0.4 is 5.73 Å². The number of rotatable bonds is 1. The highest BCUT2D eigenvalue weighted by atomic mass is 16.2. The molecule has 0 spiro atoms. The van der Waals surface area contributed by atoms with Gasteiger partial charge in [-0.1, -0.05) is 12.8 Å². The summed E-state index contributed by atoms with van der Waals surface area (Å²) in [5.74, 6) is 0. The van der Waals surface area contributed by atoms with Crippen LogP contribution in [-0.2, 0) is 0 Å². The lowest BCUT2D eigenvalue weighted by molar-refractivity contribution is 0.133. The SMILES string of the molecule is CN(C(=O)N1CCCCCC1)C1CCC(N)CC1. The predicted octanol–water partition coefficient (Wildman–Crippen LogP) is 2.18. The van der Waals surface area contributed by atoms with E-state index < -0.39 is 0 Å². The van der Waals surface area contributed by atoms with Crippen LogP contribution in [0.3, 0.4) is 0 Å². The molecule has 0 aromatic heterocycles. The summed E-state index contributed by atoms with van der Waals surface area (Å²) in [4.78, 5) is 16.5. The molecule has 0 aromatic carbocycles. The molecule has 2 amide bonds. The quantitative estimate of drug-likeness (QED) is 0.778. The van der Waals surface area contributed by atoms with E-state index in [0.717, 1.165) is 51.6 Å². The van der Waals surface area contributed by atoms with Gasteiger partial charge in [-0.05, 0) is 38.5 Å². The molecule has 2 fully saturated rings. The Balaban J connectivity index is 1.87. The minimum absolute atomic E-state index is 0.234.